The molecule has 0 fully saturated rings. The highest BCUT2D eigenvalue weighted by Crippen LogP contribution is 2.30. The maximum absolute atomic E-state index is 13.2. The van der Waals surface area contributed by atoms with Crippen LogP contribution in [0.2, 0.25) is 0 Å². The molecule has 1 aromatic carbocycles. The quantitative estimate of drug-likeness (QED) is 0.913. The van der Waals surface area contributed by atoms with Crippen LogP contribution < -0.4 is 4.74 Å². The second-order valence-corrected chi connectivity index (χ2v) is 4.91. The molecule has 0 saturated carbocycles. The van der Waals surface area contributed by atoms with E-state index in [1.807, 2.05) is 6.07 Å². The highest BCUT2D eigenvalue weighted by Gasteiger charge is 2.25. The van der Waals surface area contributed by atoms with Gasteiger partial charge in [-0.3, -0.25) is 0 Å². The van der Waals surface area contributed by atoms with E-state index in [9.17, 15) is 9.18 Å². The molecule has 1 amide bonds. The number of nitriles is 1. The number of aromatic nitrogens is 2. The van der Waals surface area contributed by atoms with Gasteiger partial charge in [-0.1, -0.05) is 0 Å². The molecule has 1 aliphatic heterocycles. The van der Waals surface area contributed by atoms with E-state index >= 15 is 0 Å². The molecule has 2 heterocycles. The van der Waals surface area contributed by atoms with Crippen molar-refractivity contribution in [3.63, 3.8) is 0 Å². The summed E-state index contributed by atoms with van der Waals surface area (Å²) in [5.74, 6) is -0.0886. The number of fused-ring (bicyclic) bond motifs is 1. The lowest BCUT2D eigenvalue weighted by atomic mass is 10.1. The summed E-state index contributed by atoms with van der Waals surface area (Å²) in [7, 11) is 0. The van der Waals surface area contributed by atoms with Crippen LogP contribution in [0.1, 0.15) is 16.8 Å². The zero-order valence-electron chi connectivity index (χ0n) is 11.9. The summed E-state index contributed by atoms with van der Waals surface area (Å²) in [6, 6.07) is 5.49. The van der Waals surface area contributed by atoms with Crippen LogP contribution in [0.25, 0.3) is 0 Å². The summed E-state index contributed by atoms with van der Waals surface area (Å²) in [5, 5.41) is 18.1. The van der Waals surface area contributed by atoms with Crippen molar-refractivity contribution >= 4 is 6.09 Å². The Balaban J connectivity index is 1.93. The van der Waals surface area contributed by atoms with Crippen molar-refractivity contribution in [3.8, 4) is 17.7 Å². The maximum Gasteiger partial charge on any atom is 0.407 e. The number of amides is 1. The molecule has 7 nitrogen and oxygen atoms in total. The van der Waals surface area contributed by atoms with Gasteiger partial charge in [0.15, 0.2) is 0 Å². The SMILES string of the molecule is N#Cc1cc(F)ccc1Oc1ncnc2c1CCN(C(=O)O)C2. The molecule has 23 heavy (non-hydrogen) atoms. The van der Waals surface area contributed by atoms with Gasteiger partial charge < -0.3 is 14.7 Å². The van der Waals surface area contributed by atoms with Crippen molar-refractivity contribution in [2.45, 2.75) is 13.0 Å². The summed E-state index contributed by atoms with van der Waals surface area (Å²) in [6.45, 7) is 0.457. The van der Waals surface area contributed by atoms with Crippen LogP contribution in [0, 0.1) is 17.1 Å². The number of carboxylic acid groups (broad SMARTS) is 1. The topological polar surface area (TPSA) is 99.3 Å². The van der Waals surface area contributed by atoms with Crippen LogP contribution in [0.4, 0.5) is 9.18 Å². The fourth-order valence-corrected chi connectivity index (χ4v) is 2.36. The summed E-state index contributed by atoms with van der Waals surface area (Å²) in [6.07, 6.45) is 0.665. The molecule has 0 bridgehead atoms. The van der Waals surface area contributed by atoms with E-state index in [2.05, 4.69) is 9.97 Å². The Morgan fingerprint density at radius 3 is 3.00 bits per heavy atom. The van der Waals surface area contributed by atoms with E-state index in [-0.39, 0.29) is 23.7 Å². The van der Waals surface area contributed by atoms with Crippen LogP contribution in [0.3, 0.4) is 0 Å². The van der Waals surface area contributed by atoms with E-state index in [0.29, 0.717) is 24.2 Å². The first-order chi connectivity index (χ1) is 11.1. The summed E-state index contributed by atoms with van der Waals surface area (Å²) >= 11 is 0. The van der Waals surface area contributed by atoms with Gasteiger partial charge in [0, 0.05) is 12.1 Å². The van der Waals surface area contributed by atoms with Crippen molar-refractivity contribution in [1.82, 2.24) is 14.9 Å². The zero-order chi connectivity index (χ0) is 16.4. The fourth-order valence-electron chi connectivity index (χ4n) is 2.36. The van der Waals surface area contributed by atoms with E-state index < -0.39 is 11.9 Å². The molecular formula is C15H11FN4O3. The molecule has 1 N–H and O–H groups in total. The number of nitrogens with zero attached hydrogens (tertiary/aromatic N) is 4. The number of hydrogen-bond donors (Lipinski definition) is 1. The Morgan fingerprint density at radius 2 is 2.26 bits per heavy atom. The highest BCUT2D eigenvalue weighted by molar-refractivity contribution is 5.65. The molecule has 0 saturated heterocycles. The molecule has 0 spiro atoms. The van der Waals surface area contributed by atoms with E-state index in [1.165, 1.54) is 23.4 Å². The van der Waals surface area contributed by atoms with Crippen molar-refractivity contribution in [1.29, 1.82) is 5.26 Å². The van der Waals surface area contributed by atoms with Gasteiger partial charge in [-0.05, 0) is 24.6 Å². The molecule has 2 aromatic rings. The molecule has 0 atom stereocenters. The summed E-state index contributed by atoms with van der Waals surface area (Å²) in [5.41, 5.74) is 1.31. The van der Waals surface area contributed by atoms with E-state index in [4.69, 9.17) is 15.1 Å². The number of rotatable bonds is 2. The lowest BCUT2D eigenvalue weighted by Crippen LogP contribution is -2.35. The molecule has 3 rings (SSSR count). The second kappa shape index (κ2) is 5.88. The molecule has 1 aliphatic rings. The minimum absolute atomic E-state index is 0.0559. The number of halogens is 1. The van der Waals surface area contributed by atoms with Crippen LogP contribution in [0.15, 0.2) is 24.5 Å². The molecule has 116 valence electrons. The molecule has 1 aromatic heterocycles. The smallest absolute Gasteiger partial charge is 0.407 e. The Hall–Kier alpha value is -3.21. The first kappa shape index (κ1) is 14.7. The Morgan fingerprint density at radius 1 is 1.43 bits per heavy atom. The van der Waals surface area contributed by atoms with Gasteiger partial charge in [-0.2, -0.15) is 5.26 Å². The Labute approximate surface area is 130 Å². The largest absolute Gasteiger partial charge is 0.465 e. The average molecular weight is 314 g/mol. The second-order valence-electron chi connectivity index (χ2n) is 4.91. The monoisotopic (exact) mass is 314 g/mol. The standard InChI is InChI=1S/C15H11FN4O3/c16-10-1-2-13(9(5-10)6-17)23-14-11-3-4-20(15(21)22)7-12(11)18-8-19-14/h1-2,5,8H,3-4,7H2,(H,21,22). The third-order valence-electron chi connectivity index (χ3n) is 3.51. The fraction of sp³-hybridized carbons (Fsp3) is 0.200. The Bertz CT molecular complexity index is 819. The highest BCUT2D eigenvalue weighted by atomic mass is 19.1. The molecule has 8 heteroatoms. The third kappa shape index (κ3) is 2.89. The molecular weight excluding hydrogens is 303 g/mol. The van der Waals surface area contributed by atoms with Crippen molar-refractivity contribution in [3.05, 3.63) is 47.2 Å². The first-order valence-corrected chi connectivity index (χ1v) is 6.76. The van der Waals surface area contributed by atoms with Gasteiger partial charge in [-0.15, -0.1) is 0 Å². The number of hydrogen-bond acceptors (Lipinski definition) is 5. The predicted molar refractivity (Wildman–Crippen MR) is 75.4 cm³/mol. The minimum Gasteiger partial charge on any atom is -0.465 e. The lowest BCUT2D eigenvalue weighted by molar-refractivity contribution is 0.138. The number of ether oxygens (including phenoxy) is 1. The van der Waals surface area contributed by atoms with Crippen molar-refractivity contribution < 1.29 is 19.0 Å². The van der Waals surface area contributed by atoms with Gasteiger partial charge in [-0.25, -0.2) is 19.2 Å². The van der Waals surface area contributed by atoms with Gasteiger partial charge in [0.05, 0.1) is 17.8 Å². The predicted octanol–water partition coefficient (Wildman–Crippen LogP) is 2.32. The van der Waals surface area contributed by atoms with Crippen LogP contribution in [-0.4, -0.2) is 32.6 Å². The van der Waals surface area contributed by atoms with E-state index in [0.717, 1.165) is 6.07 Å². The number of benzene rings is 1. The van der Waals surface area contributed by atoms with Gasteiger partial charge >= 0.3 is 6.09 Å². The maximum atomic E-state index is 13.2. The molecule has 0 unspecified atom stereocenters. The van der Waals surface area contributed by atoms with Gasteiger partial charge in [0.2, 0.25) is 5.88 Å². The van der Waals surface area contributed by atoms with Gasteiger partial charge in [0.25, 0.3) is 0 Å². The molecule has 0 aliphatic carbocycles. The minimum atomic E-state index is -1.01. The van der Waals surface area contributed by atoms with Crippen LogP contribution >= 0.6 is 0 Å². The summed E-state index contributed by atoms with van der Waals surface area (Å²) in [4.78, 5) is 20.4. The number of carbonyl (C=O) groups is 1. The zero-order valence-corrected chi connectivity index (χ0v) is 11.9. The average Bonchev–Trinajstić information content (AvgIpc) is 2.56. The molecule has 0 radical (unpaired) electrons. The first-order valence-electron chi connectivity index (χ1n) is 6.76. The van der Waals surface area contributed by atoms with Crippen LogP contribution in [-0.2, 0) is 13.0 Å². The van der Waals surface area contributed by atoms with E-state index in [1.54, 1.807) is 0 Å². The lowest BCUT2D eigenvalue weighted by Gasteiger charge is -2.26. The van der Waals surface area contributed by atoms with Crippen LogP contribution in [0.5, 0.6) is 11.6 Å². The third-order valence-corrected chi connectivity index (χ3v) is 3.51. The summed E-state index contributed by atoms with van der Waals surface area (Å²) < 4.78 is 18.8. The Kier molecular flexibility index (Phi) is 3.76. The van der Waals surface area contributed by atoms with Gasteiger partial charge in [0.1, 0.15) is 24.0 Å². The van der Waals surface area contributed by atoms with Crippen molar-refractivity contribution in [2.24, 2.45) is 0 Å². The normalized spacial score (nSPS) is 13.1. The van der Waals surface area contributed by atoms with Crippen molar-refractivity contribution in [2.75, 3.05) is 6.54 Å².